The maximum Gasteiger partial charge on any atom is 0.253 e. The number of ether oxygens (including phenoxy) is 1. The van der Waals surface area contributed by atoms with Crippen molar-refractivity contribution >= 4 is 23.6 Å². The second-order valence-corrected chi connectivity index (χ2v) is 9.71. The fourth-order valence-electron chi connectivity index (χ4n) is 5.02. The summed E-state index contributed by atoms with van der Waals surface area (Å²) >= 11 is 1.94. The van der Waals surface area contributed by atoms with E-state index in [1.165, 1.54) is 12.8 Å². The number of piperazine rings is 1. The van der Waals surface area contributed by atoms with Crippen LogP contribution in [0.1, 0.15) is 36.0 Å². The zero-order chi connectivity index (χ0) is 20.9. The van der Waals surface area contributed by atoms with E-state index >= 15 is 0 Å². The SMILES string of the molecule is COc1ccc(C(=O)N2CCN(C(C(=O)N3CCSCC3)C3CCCC3)CC2)cc1. The van der Waals surface area contributed by atoms with Crippen molar-refractivity contribution in [2.24, 2.45) is 5.92 Å². The number of carbonyl (C=O) groups is 2. The third-order valence-electron chi connectivity index (χ3n) is 6.75. The van der Waals surface area contributed by atoms with Crippen LogP contribution in [0.4, 0.5) is 0 Å². The van der Waals surface area contributed by atoms with Gasteiger partial charge in [-0.2, -0.15) is 11.8 Å². The average Bonchev–Trinajstić information content (AvgIpc) is 3.34. The molecule has 0 aromatic heterocycles. The Labute approximate surface area is 183 Å². The van der Waals surface area contributed by atoms with E-state index in [0.29, 0.717) is 30.5 Å². The van der Waals surface area contributed by atoms with Gasteiger partial charge >= 0.3 is 0 Å². The Balaban J connectivity index is 1.40. The lowest BCUT2D eigenvalue weighted by Crippen LogP contribution is -2.59. The van der Waals surface area contributed by atoms with Crippen LogP contribution in [-0.2, 0) is 4.79 Å². The van der Waals surface area contributed by atoms with E-state index in [4.69, 9.17) is 4.74 Å². The third-order valence-corrected chi connectivity index (χ3v) is 7.70. The summed E-state index contributed by atoms with van der Waals surface area (Å²) in [5.41, 5.74) is 0.693. The summed E-state index contributed by atoms with van der Waals surface area (Å²) in [6, 6.07) is 7.30. The number of rotatable bonds is 5. The fraction of sp³-hybridized carbons (Fsp3) is 0.652. The molecule has 164 valence electrons. The Morgan fingerprint density at radius 3 is 2.17 bits per heavy atom. The van der Waals surface area contributed by atoms with Crippen LogP contribution in [0.3, 0.4) is 0 Å². The standard InChI is InChI=1S/C23H33N3O3S/c1-29-20-8-6-19(7-9-20)22(27)25-12-10-24(11-13-25)21(18-4-2-3-5-18)23(28)26-14-16-30-17-15-26/h6-9,18,21H,2-5,10-17H2,1H3. The molecule has 2 saturated heterocycles. The van der Waals surface area contributed by atoms with Crippen LogP contribution in [0.25, 0.3) is 0 Å². The number of hydrogen-bond donors (Lipinski definition) is 0. The zero-order valence-electron chi connectivity index (χ0n) is 17.9. The van der Waals surface area contributed by atoms with Crippen molar-refractivity contribution in [3.8, 4) is 5.75 Å². The van der Waals surface area contributed by atoms with Crippen molar-refractivity contribution in [3.63, 3.8) is 0 Å². The molecule has 2 heterocycles. The maximum atomic E-state index is 13.5. The van der Waals surface area contributed by atoms with E-state index in [9.17, 15) is 9.59 Å². The van der Waals surface area contributed by atoms with Crippen LogP contribution in [0.5, 0.6) is 5.75 Å². The van der Waals surface area contributed by atoms with Crippen LogP contribution in [0.15, 0.2) is 24.3 Å². The number of benzene rings is 1. The molecule has 30 heavy (non-hydrogen) atoms. The fourth-order valence-corrected chi connectivity index (χ4v) is 5.92. The van der Waals surface area contributed by atoms with E-state index in [1.54, 1.807) is 7.11 Å². The highest BCUT2D eigenvalue weighted by molar-refractivity contribution is 7.99. The Morgan fingerprint density at radius 2 is 1.57 bits per heavy atom. The lowest BCUT2D eigenvalue weighted by Gasteiger charge is -2.43. The van der Waals surface area contributed by atoms with Gasteiger partial charge in [0.2, 0.25) is 5.91 Å². The summed E-state index contributed by atoms with van der Waals surface area (Å²) in [5.74, 6) is 3.72. The molecule has 1 aromatic carbocycles. The number of amides is 2. The van der Waals surface area contributed by atoms with Crippen molar-refractivity contribution in [2.75, 3.05) is 57.9 Å². The summed E-state index contributed by atoms with van der Waals surface area (Å²) in [7, 11) is 1.63. The average molecular weight is 432 g/mol. The van der Waals surface area contributed by atoms with Gasteiger partial charge in [-0.25, -0.2) is 0 Å². The molecule has 7 heteroatoms. The van der Waals surface area contributed by atoms with E-state index in [0.717, 1.165) is 56.3 Å². The number of nitrogens with zero attached hydrogens (tertiary/aromatic N) is 3. The van der Waals surface area contributed by atoms with Crippen molar-refractivity contribution in [3.05, 3.63) is 29.8 Å². The summed E-state index contributed by atoms with van der Waals surface area (Å²) in [4.78, 5) is 32.8. The first-order valence-electron chi connectivity index (χ1n) is 11.2. The Bertz CT molecular complexity index is 722. The minimum absolute atomic E-state index is 0.00571. The van der Waals surface area contributed by atoms with E-state index in [1.807, 2.05) is 40.9 Å². The van der Waals surface area contributed by atoms with Gasteiger partial charge < -0.3 is 14.5 Å². The van der Waals surface area contributed by atoms with Crippen LogP contribution in [0, 0.1) is 5.92 Å². The van der Waals surface area contributed by atoms with Crippen LogP contribution < -0.4 is 4.74 Å². The smallest absolute Gasteiger partial charge is 0.253 e. The number of thioether (sulfide) groups is 1. The first-order chi connectivity index (χ1) is 14.7. The van der Waals surface area contributed by atoms with Crippen molar-refractivity contribution in [1.82, 2.24) is 14.7 Å². The molecule has 1 aliphatic carbocycles. The van der Waals surface area contributed by atoms with Gasteiger partial charge in [0.1, 0.15) is 5.75 Å². The largest absolute Gasteiger partial charge is 0.497 e. The summed E-state index contributed by atoms with van der Waals surface area (Å²) in [6.45, 7) is 4.66. The van der Waals surface area contributed by atoms with Gasteiger partial charge in [-0.05, 0) is 43.0 Å². The Kier molecular flexibility index (Phi) is 7.20. The highest BCUT2D eigenvalue weighted by Gasteiger charge is 2.39. The molecule has 3 aliphatic rings. The molecular formula is C23H33N3O3S. The minimum Gasteiger partial charge on any atom is -0.497 e. The first-order valence-corrected chi connectivity index (χ1v) is 12.4. The number of carbonyl (C=O) groups excluding carboxylic acids is 2. The van der Waals surface area contributed by atoms with Gasteiger partial charge in [-0.3, -0.25) is 14.5 Å². The molecule has 0 spiro atoms. The molecule has 4 rings (SSSR count). The molecule has 1 aromatic rings. The maximum absolute atomic E-state index is 13.5. The number of methoxy groups -OCH3 is 1. The van der Waals surface area contributed by atoms with Gasteiger partial charge in [0.25, 0.3) is 5.91 Å². The molecule has 2 aliphatic heterocycles. The molecule has 6 nitrogen and oxygen atoms in total. The third kappa shape index (κ3) is 4.78. The second-order valence-electron chi connectivity index (χ2n) is 8.48. The van der Waals surface area contributed by atoms with Crippen molar-refractivity contribution in [2.45, 2.75) is 31.7 Å². The highest BCUT2D eigenvalue weighted by Crippen LogP contribution is 2.32. The highest BCUT2D eigenvalue weighted by atomic mass is 32.2. The lowest BCUT2D eigenvalue weighted by molar-refractivity contribution is -0.139. The summed E-state index contributed by atoms with van der Waals surface area (Å²) < 4.78 is 5.19. The first kappa shape index (κ1) is 21.5. The van der Waals surface area contributed by atoms with E-state index in [-0.39, 0.29) is 11.9 Å². The summed E-state index contributed by atoms with van der Waals surface area (Å²) in [6.07, 6.45) is 4.79. The predicted octanol–water partition coefficient (Wildman–Crippen LogP) is 2.59. The Morgan fingerprint density at radius 1 is 0.933 bits per heavy atom. The second kappa shape index (κ2) is 10.1. The zero-order valence-corrected chi connectivity index (χ0v) is 18.7. The molecule has 3 fully saturated rings. The van der Waals surface area contributed by atoms with Gasteiger partial charge in [0, 0.05) is 56.3 Å². The molecule has 0 N–H and O–H groups in total. The Hall–Kier alpha value is -1.73. The van der Waals surface area contributed by atoms with Crippen molar-refractivity contribution < 1.29 is 14.3 Å². The molecule has 1 unspecified atom stereocenters. The van der Waals surface area contributed by atoms with Gasteiger partial charge in [-0.15, -0.1) is 0 Å². The minimum atomic E-state index is -0.00571. The summed E-state index contributed by atoms with van der Waals surface area (Å²) in [5, 5.41) is 0. The molecule has 0 bridgehead atoms. The van der Waals surface area contributed by atoms with Gasteiger partial charge in [0.15, 0.2) is 0 Å². The molecule has 1 atom stereocenters. The lowest BCUT2D eigenvalue weighted by atomic mass is 9.94. The monoisotopic (exact) mass is 431 g/mol. The van der Waals surface area contributed by atoms with Crippen LogP contribution >= 0.6 is 11.8 Å². The quantitative estimate of drug-likeness (QED) is 0.717. The topological polar surface area (TPSA) is 53.1 Å². The van der Waals surface area contributed by atoms with E-state index in [2.05, 4.69) is 9.80 Å². The van der Waals surface area contributed by atoms with Crippen LogP contribution in [0.2, 0.25) is 0 Å². The van der Waals surface area contributed by atoms with Gasteiger partial charge in [-0.1, -0.05) is 12.8 Å². The number of hydrogen-bond acceptors (Lipinski definition) is 5. The van der Waals surface area contributed by atoms with Crippen molar-refractivity contribution in [1.29, 1.82) is 0 Å². The van der Waals surface area contributed by atoms with Crippen LogP contribution in [-0.4, -0.2) is 90.4 Å². The molecular weight excluding hydrogens is 398 g/mol. The normalized spacial score (nSPS) is 22.2. The molecule has 0 radical (unpaired) electrons. The molecule has 2 amide bonds. The van der Waals surface area contributed by atoms with Gasteiger partial charge in [0.05, 0.1) is 13.2 Å². The molecule has 1 saturated carbocycles. The predicted molar refractivity (Wildman–Crippen MR) is 120 cm³/mol. The van der Waals surface area contributed by atoms with E-state index < -0.39 is 0 Å².